The van der Waals surface area contributed by atoms with E-state index in [2.05, 4.69) is 11.2 Å². The molecule has 4 heteroatoms. The van der Waals surface area contributed by atoms with E-state index in [1.807, 2.05) is 18.2 Å². The molecule has 0 saturated carbocycles. The fourth-order valence-electron chi connectivity index (χ4n) is 0.532. The van der Waals surface area contributed by atoms with Crippen LogP contribution in [-0.4, -0.2) is 4.55 Å². The van der Waals surface area contributed by atoms with Crippen LogP contribution in [-0.2, 0) is 20.9 Å². The van der Waals surface area contributed by atoms with Crippen LogP contribution in [0.4, 0.5) is 0 Å². The van der Waals surface area contributed by atoms with E-state index in [-0.39, 0.29) is 29.6 Å². The van der Waals surface area contributed by atoms with Crippen LogP contribution in [0.1, 0.15) is 0 Å². The van der Waals surface area contributed by atoms with E-state index < -0.39 is 9.74 Å². The molecule has 0 saturated heterocycles. The van der Waals surface area contributed by atoms with Crippen LogP contribution in [0.2, 0.25) is 0 Å². The maximum atomic E-state index is 10.6. The minimum Gasteiger partial charge on any atom is -0.791 e. The van der Waals surface area contributed by atoms with E-state index in [4.69, 9.17) is 0 Å². The van der Waals surface area contributed by atoms with Crippen molar-refractivity contribution in [1.82, 2.24) is 0 Å². The molecule has 0 aliphatic heterocycles. The Bertz CT molecular complexity index is 212. The van der Waals surface area contributed by atoms with Crippen molar-refractivity contribution in [2.24, 2.45) is 0 Å². The maximum absolute atomic E-state index is 10.6. The average Bonchev–Trinajstić information content (AvgIpc) is 1.90. The van der Waals surface area contributed by atoms with Crippen LogP contribution in [0, 0.1) is 0 Å². The molecule has 0 spiro atoms. The molecular formula is C6H5NaOS2. The average molecular weight is 180 g/mol. The van der Waals surface area contributed by atoms with Crippen molar-refractivity contribution in [3.63, 3.8) is 0 Å². The largest absolute Gasteiger partial charge is 1.00 e. The van der Waals surface area contributed by atoms with E-state index in [0.717, 1.165) is 0 Å². The van der Waals surface area contributed by atoms with Gasteiger partial charge in [0.25, 0.3) is 0 Å². The predicted octanol–water partition coefficient (Wildman–Crippen LogP) is -1.74. The Morgan fingerprint density at radius 1 is 1.20 bits per heavy atom. The van der Waals surface area contributed by atoms with E-state index in [1.165, 1.54) is 0 Å². The summed E-state index contributed by atoms with van der Waals surface area (Å²) in [6.45, 7) is 0. The number of hydrogen-bond donors (Lipinski definition) is 0. The fraction of sp³-hybridized carbons (Fsp3) is 0. The van der Waals surface area contributed by atoms with Gasteiger partial charge >= 0.3 is 29.6 Å². The normalized spacial score (nSPS) is 11.7. The van der Waals surface area contributed by atoms with Crippen LogP contribution < -0.4 is 29.6 Å². The van der Waals surface area contributed by atoms with Crippen molar-refractivity contribution in [2.45, 2.75) is 4.90 Å². The molecule has 10 heavy (non-hydrogen) atoms. The van der Waals surface area contributed by atoms with Gasteiger partial charge in [0.1, 0.15) is 0 Å². The fourth-order valence-corrected chi connectivity index (χ4v) is 1.24. The second-order valence-corrected chi connectivity index (χ2v) is 3.40. The molecule has 1 aromatic rings. The third-order valence-corrected chi connectivity index (χ3v) is 2.17. The molecule has 1 aromatic carbocycles. The summed E-state index contributed by atoms with van der Waals surface area (Å²) >= 11 is 4.52. The zero-order valence-corrected chi connectivity index (χ0v) is 9.24. The standard InChI is InChI=1S/C6H6OS2.Na/c7-9(8)6-4-2-1-3-5-6;/h1-5H,(H,7,8);/q;+1/p-1. The molecule has 0 aliphatic rings. The van der Waals surface area contributed by atoms with E-state index >= 15 is 0 Å². The Kier molecular flexibility index (Phi) is 5.81. The van der Waals surface area contributed by atoms with Gasteiger partial charge < -0.3 is 4.55 Å². The Hall–Kier alpha value is 0.750. The number of benzene rings is 1. The van der Waals surface area contributed by atoms with Crippen molar-refractivity contribution in [1.29, 1.82) is 0 Å². The topological polar surface area (TPSA) is 23.1 Å². The van der Waals surface area contributed by atoms with Gasteiger partial charge in [-0.1, -0.05) is 29.4 Å². The third kappa shape index (κ3) is 3.23. The van der Waals surface area contributed by atoms with Crippen LogP contribution >= 0.6 is 0 Å². The van der Waals surface area contributed by atoms with Crippen molar-refractivity contribution in [3.05, 3.63) is 30.3 Å². The minimum atomic E-state index is -1.25. The summed E-state index contributed by atoms with van der Waals surface area (Å²) in [6, 6.07) is 9.01. The van der Waals surface area contributed by atoms with E-state index in [9.17, 15) is 4.55 Å². The van der Waals surface area contributed by atoms with Gasteiger partial charge in [0.2, 0.25) is 0 Å². The number of hydrogen-bond acceptors (Lipinski definition) is 2. The van der Waals surface area contributed by atoms with Gasteiger partial charge in [-0.25, -0.2) is 0 Å². The first-order chi connectivity index (χ1) is 4.30. The van der Waals surface area contributed by atoms with Crippen molar-refractivity contribution >= 4 is 20.9 Å². The SMILES string of the molecule is [Na+].[O-]S(=S)c1ccccc1. The molecule has 0 bridgehead atoms. The summed E-state index contributed by atoms with van der Waals surface area (Å²) in [5.74, 6) is 0. The first-order valence-corrected chi connectivity index (χ1v) is 4.52. The second-order valence-electron chi connectivity index (χ2n) is 1.55. The van der Waals surface area contributed by atoms with Crippen molar-refractivity contribution in [2.75, 3.05) is 0 Å². The second kappa shape index (κ2) is 5.41. The molecule has 0 N–H and O–H groups in total. The number of rotatable bonds is 1. The van der Waals surface area contributed by atoms with Gasteiger partial charge in [-0.3, -0.25) is 0 Å². The summed E-state index contributed by atoms with van der Waals surface area (Å²) in [5, 5.41) is 0. The molecule has 0 amide bonds. The first kappa shape index (κ1) is 10.8. The molecule has 0 aliphatic carbocycles. The summed E-state index contributed by atoms with van der Waals surface area (Å²) < 4.78 is 10.6. The van der Waals surface area contributed by atoms with Gasteiger partial charge in [0, 0.05) is 0 Å². The Labute approximate surface area is 89.5 Å². The summed E-state index contributed by atoms with van der Waals surface area (Å²) in [4.78, 5) is 0.701. The van der Waals surface area contributed by atoms with Gasteiger partial charge in [-0.05, 0) is 17.0 Å². The molecule has 1 unspecified atom stereocenters. The molecule has 0 aromatic heterocycles. The van der Waals surface area contributed by atoms with Gasteiger partial charge in [-0.2, -0.15) is 9.74 Å². The monoisotopic (exact) mass is 180 g/mol. The molecular weight excluding hydrogens is 175 g/mol. The summed E-state index contributed by atoms with van der Waals surface area (Å²) in [7, 11) is -1.25. The van der Waals surface area contributed by atoms with Crippen LogP contribution in [0.3, 0.4) is 0 Å². The summed E-state index contributed by atoms with van der Waals surface area (Å²) in [5.41, 5.74) is 0. The molecule has 1 nitrogen and oxygen atoms in total. The van der Waals surface area contributed by atoms with Crippen LogP contribution in [0.5, 0.6) is 0 Å². The quantitative estimate of drug-likeness (QED) is 0.479. The van der Waals surface area contributed by atoms with E-state index in [1.54, 1.807) is 12.1 Å². The Balaban J connectivity index is 0.000000810. The molecule has 1 atom stereocenters. The Morgan fingerprint density at radius 3 is 2.00 bits per heavy atom. The van der Waals surface area contributed by atoms with Gasteiger partial charge in [0.15, 0.2) is 0 Å². The van der Waals surface area contributed by atoms with Crippen LogP contribution in [0.25, 0.3) is 0 Å². The minimum absolute atomic E-state index is 0. The third-order valence-electron chi connectivity index (χ3n) is 0.936. The Morgan fingerprint density at radius 2 is 1.70 bits per heavy atom. The molecule has 48 valence electrons. The molecule has 0 radical (unpaired) electrons. The van der Waals surface area contributed by atoms with Gasteiger partial charge in [-0.15, -0.1) is 0 Å². The molecule has 0 fully saturated rings. The summed E-state index contributed by atoms with van der Waals surface area (Å²) in [6.07, 6.45) is 0. The zero-order valence-electron chi connectivity index (χ0n) is 5.61. The maximum Gasteiger partial charge on any atom is 1.00 e. The van der Waals surface area contributed by atoms with Crippen molar-refractivity contribution in [3.8, 4) is 0 Å². The smallest absolute Gasteiger partial charge is 0.791 e. The molecule has 1 rings (SSSR count). The zero-order chi connectivity index (χ0) is 6.69. The van der Waals surface area contributed by atoms with Crippen LogP contribution in [0.15, 0.2) is 35.2 Å². The van der Waals surface area contributed by atoms with Crippen molar-refractivity contribution < 1.29 is 34.1 Å². The predicted molar refractivity (Wildman–Crippen MR) is 40.2 cm³/mol. The molecule has 0 heterocycles. The first-order valence-electron chi connectivity index (χ1n) is 2.45. The van der Waals surface area contributed by atoms with Gasteiger partial charge in [0.05, 0.1) is 0 Å². The van der Waals surface area contributed by atoms with E-state index in [0.29, 0.717) is 4.90 Å².